The van der Waals surface area contributed by atoms with E-state index < -0.39 is 0 Å². The first-order valence-corrected chi connectivity index (χ1v) is 4.40. The van der Waals surface area contributed by atoms with Crippen LogP contribution >= 0.6 is 0 Å². The predicted molar refractivity (Wildman–Crippen MR) is 55.1 cm³/mol. The summed E-state index contributed by atoms with van der Waals surface area (Å²) in [6.07, 6.45) is 5.18. The number of hydrogen-bond donors (Lipinski definition) is 1. The Morgan fingerprint density at radius 1 is 1.29 bits per heavy atom. The minimum Gasteiger partial charge on any atom is -0.461 e. The molecule has 0 radical (unpaired) electrons. The zero-order valence-electron chi connectivity index (χ0n) is 7.40. The number of anilines is 1. The van der Waals surface area contributed by atoms with Crippen molar-refractivity contribution in [1.29, 1.82) is 0 Å². The van der Waals surface area contributed by atoms with Crippen LogP contribution in [0, 0.1) is 0 Å². The van der Waals surface area contributed by atoms with Crippen LogP contribution in [0.4, 0.5) is 5.69 Å². The van der Waals surface area contributed by atoms with Gasteiger partial charge in [-0.3, -0.25) is 4.98 Å². The van der Waals surface area contributed by atoms with Gasteiger partial charge in [0, 0.05) is 17.8 Å². The van der Waals surface area contributed by atoms with Crippen LogP contribution in [0.2, 0.25) is 0 Å². The molecule has 3 heteroatoms. The van der Waals surface area contributed by atoms with E-state index in [1.807, 2.05) is 24.3 Å². The van der Waals surface area contributed by atoms with Crippen molar-refractivity contribution >= 4 is 16.6 Å². The number of benzene rings is 1. The second-order valence-corrected chi connectivity index (χ2v) is 3.11. The number of ether oxygens (including phenoxy) is 1. The molecule has 3 nitrogen and oxygen atoms in total. The van der Waals surface area contributed by atoms with Crippen LogP contribution in [0.15, 0.2) is 42.9 Å². The van der Waals surface area contributed by atoms with Crippen LogP contribution in [-0.2, 0) is 0 Å². The van der Waals surface area contributed by atoms with Gasteiger partial charge in [-0.2, -0.15) is 0 Å². The molecule has 14 heavy (non-hydrogen) atoms. The van der Waals surface area contributed by atoms with Gasteiger partial charge in [-0.05, 0) is 18.2 Å². The molecule has 0 atom stereocenters. The highest BCUT2D eigenvalue weighted by Crippen LogP contribution is 2.31. The van der Waals surface area contributed by atoms with Crippen molar-refractivity contribution in [3.05, 3.63) is 42.9 Å². The molecule has 1 N–H and O–H groups in total. The van der Waals surface area contributed by atoms with Crippen LogP contribution in [0.3, 0.4) is 0 Å². The minimum absolute atomic E-state index is 0.841. The Hall–Kier alpha value is -2.03. The average molecular weight is 184 g/mol. The fourth-order valence-electron chi connectivity index (χ4n) is 1.54. The van der Waals surface area contributed by atoms with Crippen molar-refractivity contribution in [2.45, 2.75) is 0 Å². The highest BCUT2D eigenvalue weighted by molar-refractivity contribution is 5.86. The monoisotopic (exact) mass is 184 g/mol. The van der Waals surface area contributed by atoms with E-state index in [2.05, 4.69) is 10.3 Å². The van der Waals surface area contributed by atoms with E-state index >= 15 is 0 Å². The van der Waals surface area contributed by atoms with E-state index in [-0.39, 0.29) is 0 Å². The molecule has 0 bridgehead atoms. The van der Waals surface area contributed by atoms with Crippen molar-refractivity contribution < 1.29 is 4.74 Å². The maximum atomic E-state index is 5.36. The number of aromatic nitrogens is 1. The molecule has 0 saturated carbocycles. The molecular formula is C11H8N2O. The number of rotatable bonds is 0. The molecule has 0 unspecified atom stereocenters. The van der Waals surface area contributed by atoms with Crippen LogP contribution in [0.25, 0.3) is 10.9 Å². The van der Waals surface area contributed by atoms with Gasteiger partial charge in [0.2, 0.25) is 0 Å². The maximum Gasteiger partial charge on any atom is 0.150 e. The lowest BCUT2D eigenvalue weighted by atomic mass is 10.2. The first-order valence-electron chi connectivity index (χ1n) is 4.40. The minimum atomic E-state index is 0.841. The third-order valence-corrected chi connectivity index (χ3v) is 2.21. The van der Waals surface area contributed by atoms with Crippen LogP contribution in [-0.4, -0.2) is 4.98 Å². The Bertz CT molecular complexity index is 473. The van der Waals surface area contributed by atoms with Gasteiger partial charge in [0.25, 0.3) is 0 Å². The summed E-state index contributed by atoms with van der Waals surface area (Å²) < 4.78 is 5.36. The van der Waals surface area contributed by atoms with E-state index in [1.165, 1.54) is 0 Å². The molecule has 0 aliphatic carbocycles. The van der Waals surface area contributed by atoms with Crippen molar-refractivity contribution in [2.24, 2.45) is 0 Å². The lowest BCUT2D eigenvalue weighted by molar-refractivity contribution is 0.478. The first-order chi connectivity index (χ1) is 6.93. The van der Waals surface area contributed by atoms with Crippen LogP contribution in [0.5, 0.6) is 5.75 Å². The molecule has 3 rings (SSSR count). The number of hydrogen-bond acceptors (Lipinski definition) is 3. The van der Waals surface area contributed by atoms with Gasteiger partial charge in [0.05, 0.1) is 11.2 Å². The fourth-order valence-corrected chi connectivity index (χ4v) is 1.54. The van der Waals surface area contributed by atoms with Gasteiger partial charge in [-0.25, -0.2) is 0 Å². The zero-order chi connectivity index (χ0) is 9.38. The number of pyridine rings is 1. The summed E-state index contributed by atoms with van der Waals surface area (Å²) in [7, 11) is 0. The molecule has 1 aromatic heterocycles. The molecule has 1 aromatic carbocycles. The molecule has 68 valence electrons. The van der Waals surface area contributed by atoms with Gasteiger partial charge in [0.15, 0.2) is 5.75 Å². The molecule has 1 aliphatic heterocycles. The molecule has 0 amide bonds. The second-order valence-electron chi connectivity index (χ2n) is 3.11. The Kier molecular flexibility index (Phi) is 1.44. The third kappa shape index (κ3) is 1.03. The Labute approximate surface area is 81.0 Å². The third-order valence-electron chi connectivity index (χ3n) is 2.21. The van der Waals surface area contributed by atoms with Crippen LogP contribution < -0.4 is 10.1 Å². The average Bonchev–Trinajstić information content (AvgIpc) is 2.26. The lowest BCUT2D eigenvalue weighted by Gasteiger charge is -2.13. The van der Waals surface area contributed by atoms with E-state index in [9.17, 15) is 0 Å². The molecule has 0 spiro atoms. The van der Waals surface area contributed by atoms with Gasteiger partial charge in [-0.1, -0.05) is 6.07 Å². The summed E-state index contributed by atoms with van der Waals surface area (Å²) >= 11 is 0. The topological polar surface area (TPSA) is 34.1 Å². The molecule has 1 aliphatic rings. The Morgan fingerprint density at radius 3 is 3.29 bits per heavy atom. The zero-order valence-corrected chi connectivity index (χ0v) is 7.40. The SMILES string of the molecule is C1=COc2cc3cccnc3cc2N1. The number of nitrogens with zero attached hydrogens (tertiary/aromatic N) is 1. The Morgan fingerprint density at radius 2 is 2.29 bits per heavy atom. The molecular weight excluding hydrogens is 176 g/mol. The molecule has 2 aromatic rings. The van der Waals surface area contributed by atoms with E-state index in [0.29, 0.717) is 0 Å². The van der Waals surface area contributed by atoms with E-state index in [1.54, 1.807) is 18.7 Å². The van der Waals surface area contributed by atoms with E-state index in [4.69, 9.17) is 4.74 Å². The van der Waals surface area contributed by atoms with Crippen LogP contribution in [0.1, 0.15) is 0 Å². The number of nitrogens with one attached hydrogen (secondary N) is 1. The highest BCUT2D eigenvalue weighted by Gasteiger charge is 2.07. The summed E-state index contributed by atoms with van der Waals surface area (Å²) in [5.41, 5.74) is 1.93. The second kappa shape index (κ2) is 2.73. The van der Waals surface area contributed by atoms with E-state index in [0.717, 1.165) is 22.3 Å². The predicted octanol–water partition coefficient (Wildman–Crippen LogP) is 2.51. The quantitative estimate of drug-likeness (QED) is 0.683. The van der Waals surface area contributed by atoms with Gasteiger partial charge in [-0.15, -0.1) is 0 Å². The normalized spacial score (nSPS) is 13.1. The first kappa shape index (κ1) is 7.38. The van der Waals surface area contributed by atoms with Gasteiger partial charge >= 0.3 is 0 Å². The molecule has 0 saturated heterocycles. The van der Waals surface area contributed by atoms with Crippen molar-refractivity contribution in [3.63, 3.8) is 0 Å². The van der Waals surface area contributed by atoms with Crippen molar-refractivity contribution in [3.8, 4) is 5.75 Å². The summed E-state index contributed by atoms with van der Waals surface area (Å²) in [6.45, 7) is 0. The van der Waals surface area contributed by atoms with Gasteiger partial charge in [0.1, 0.15) is 6.26 Å². The van der Waals surface area contributed by atoms with Crippen molar-refractivity contribution in [2.75, 3.05) is 5.32 Å². The lowest BCUT2D eigenvalue weighted by Crippen LogP contribution is -1.99. The number of fused-ring (bicyclic) bond motifs is 2. The maximum absolute atomic E-state index is 5.36. The summed E-state index contributed by atoms with van der Waals surface area (Å²) in [4.78, 5) is 4.27. The summed E-state index contributed by atoms with van der Waals surface area (Å²) in [5.74, 6) is 0.841. The highest BCUT2D eigenvalue weighted by atomic mass is 16.5. The standard InChI is InChI=1S/C11H8N2O/c1-2-8-6-11-10(13-4-5-14-11)7-9(8)12-3-1/h1-7,13H. The molecule has 2 heterocycles. The van der Waals surface area contributed by atoms with Crippen molar-refractivity contribution in [1.82, 2.24) is 4.98 Å². The Balaban J connectivity index is 2.30. The summed E-state index contributed by atoms with van der Waals surface area (Å²) in [5, 5.41) is 4.20. The molecule has 0 fully saturated rings. The smallest absolute Gasteiger partial charge is 0.150 e. The van der Waals surface area contributed by atoms with Gasteiger partial charge < -0.3 is 10.1 Å². The fraction of sp³-hybridized carbons (Fsp3) is 0. The largest absolute Gasteiger partial charge is 0.461 e. The summed E-state index contributed by atoms with van der Waals surface area (Å²) in [6, 6.07) is 7.90.